The van der Waals surface area contributed by atoms with Gasteiger partial charge in [0.05, 0.1) is 4.87 Å². The third-order valence-electron chi connectivity index (χ3n) is 4.92. The minimum atomic E-state index is -0.601. The van der Waals surface area contributed by atoms with Gasteiger partial charge in [-0.2, -0.15) is 0 Å². The predicted octanol–water partition coefficient (Wildman–Crippen LogP) is 2.75. The van der Waals surface area contributed by atoms with Crippen LogP contribution in [0.25, 0.3) is 0 Å². The maximum Gasteiger partial charge on any atom is 0.330 e. The number of amides is 2. The first-order chi connectivity index (χ1) is 12.3. The van der Waals surface area contributed by atoms with Crippen LogP contribution in [-0.2, 0) is 19.1 Å². The number of nitrogens with zero attached hydrogens (tertiary/aromatic N) is 1. The quantitative estimate of drug-likeness (QED) is 0.800. The highest BCUT2D eigenvalue weighted by molar-refractivity contribution is 8.01. The van der Waals surface area contributed by atoms with Gasteiger partial charge in [-0.15, -0.1) is 11.8 Å². The third kappa shape index (κ3) is 3.58. The van der Waals surface area contributed by atoms with Crippen molar-refractivity contribution in [2.45, 2.75) is 50.4 Å². The molecular formula is C19H24N2O4S. The largest absolute Gasteiger partial charge is 0.454 e. The molecule has 1 N–H and O–H groups in total. The van der Waals surface area contributed by atoms with Crippen LogP contribution in [-0.4, -0.2) is 46.0 Å². The first kappa shape index (κ1) is 18.8. The number of thioether (sulfide) groups is 1. The van der Waals surface area contributed by atoms with Crippen molar-refractivity contribution in [2.24, 2.45) is 0 Å². The molecule has 0 bridgehead atoms. The minimum Gasteiger partial charge on any atom is -0.454 e. The highest BCUT2D eigenvalue weighted by Gasteiger charge is 2.53. The molecule has 2 heterocycles. The van der Waals surface area contributed by atoms with Gasteiger partial charge >= 0.3 is 5.97 Å². The van der Waals surface area contributed by atoms with Gasteiger partial charge in [-0.1, -0.05) is 32.0 Å². The van der Waals surface area contributed by atoms with Crippen molar-refractivity contribution < 1.29 is 19.1 Å². The lowest BCUT2D eigenvalue weighted by Gasteiger charge is -2.29. The fraction of sp³-hybridized carbons (Fsp3) is 0.526. The molecule has 6 nitrogen and oxygen atoms in total. The van der Waals surface area contributed by atoms with Gasteiger partial charge in [-0.05, 0) is 30.9 Å². The van der Waals surface area contributed by atoms with Crippen molar-refractivity contribution in [1.82, 2.24) is 4.90 Å². The summed E-state index contributed by atoms with van der Waals surface area (Å²) in [5, 5.41) is 2.80. The number of esters is 1. The minimum absolute atomic E-state index is 0.0187. The van der Waals surface area contributed by atoms with Crippen LogP contribution in [0.4, 0.5) is 5.69 Å². The number of carbonyl (C=O) groups excluding carboxylic acids is 3. The highest BCUT2D eigenvalue weighted by Crippen LogP contribution is 2.47. The van der Waals surface area contributed by atoms with E-state index in [9.17, 15) is 14.4 Å². The fourth-order valence-electron chi connectivity index (χ4n) is 3.53. The molecule has 2 aliphatic heterocycles. The molecule has 0 saturated carbocycles. The summed E-state index contributed by atoms with van der Waals surface area (Å²) in [4.78, 5) is 38.0. The van der Waals surface area contributed by atoms with E-state index in [1.165, 1.54) is 0 Å². The lowest BCUT2D eigenvalue weighted by atomic mass is 10.0. The number of para-hydroxylation sites is 1. The van der Waals surface area contributed by atoms with Crippen molar-refractivity contribution in [2.75, 3.05) is 17.7 Å². The lowest BCUT2D eigenvalue weighted by Crippen LogP contribution is -2.47. The maximum absolute atomic E-state index is 12.4. The zero-order valence-electron chi connectivity index (χ0n) is 15.3. The first-order valence-corrected chi connectivity index (χ1v) is 9.82. The number of fused-ring (bicyclic) bond motifs is 1. The topological polar surface area (TPSA) is 75.7 Å². The van der Waals surface area contributed by atoms with Crippen LogP contribution in [0.2, 0.25) is 0 Å². The first-order valence-electron chi connectivity index (χ1n) is 8.83. The molecular weight excluding hydrogens is 352 g/mol. The van der Waals surface area contributed by atoms with E-state index >= 15 is 0 Å². The number of carbonyl (C=O) groups is 3. The summed E-state index contributed by atoms with van der Waals surface area (Å²) in [5.74, 6) is -0.131. The Bertz CT molecular complexity index is 736. The fourth-order valence-corrected chi connectivity index (χ4v) is 4.95. The number of hydrogen-bond acceptors (Lipinski definition) is 5. The molecule has 3 rings (SSSR count). The van der Waals surface area contributed by atoms with Crippen molar-refractivity contribution >= 4 is 35.2 Å². The molecule has 0 radical (unpaired) electrons. The number of benzene rings is 1. The van der Waals surface area contributed by atoms with Crippen LogP contribution in [0.5, 0.6) is 0 Å². The Balaban J connectivity index is 1.57. The second kappa shape index (κ2) is 7.31. The molecule has 2 fully saturated rings. The molecule has 26 heavy (non-hydrogen) atoms. The Hall–Kier alpha value is -2.02. The third-order valence-corrected chi connectivity index (χ3v) is 6.42. The Morgan fingerprint density at radius 2 is 2.12 bits per heavy atom. The van der Waals surface area contributed by atoms with Gasteiger partial charge in [0.25, 0.3) is 5.91 Å². The smallest absolute Gasteiger partial charge is 0.330 e. The molecule has 1 aromatic carbocycles. The van der Waals surface area contributed by atoms with Gasteiger partial charge in [-0.3, -0.25) is 9.59 Å². The van der Waals surface area contributed by atoms with Crippen LogP contribution >= 0.6 is 11.8 Å². The average Bonchev–Trinajstić information content (AvgIpc) is 3.09. The zero-order chi connectivity index (χ0) is 18.9. The summed E-state index contributed by atoms with van der Waals surface area (Å²) >= 11 is 1.60. The number of ether oxygens (including phenoxy) is 1. The molecule has 1 aromatic rings. The van der Waals surface area contributed by atoms with E-state index in [1.54, 1.807) is 16.7 Å². The van der Waals surface area contributed by atoms with E-state index in [4.69, 9.17) is 4.74 Å². The number of anilines is 1. The average molecular weight is 376 g/mol. The number of nitrogens with one attached hydrogen (secondary N) is 1. The second-order valence-corrected chi connectivity index (χ2v) is 8.66. The number of rotatable bonds is 5. The predicted molar refractivity (Wildman–Crippen MR) is 101 cm³/mol. The molecule has 2 amide bonds. The molecule has 140 valence electrons. The van der Waals surface area contributed by atoms with Crippen molar-refractivity contribution in [3.8, 4) is 0 Å². The highest BCUT2D eigenvalue weighted by atomic mass is 32.2. The van der Waals surface area contributed by atoms with E-state index in [1.807, 2.05) is 45.0 Å². The van der Waals surface area contributed by atoms with E-state index in [2.05, 4.69) is 5.32 Å². The Morgan fingerprint density at radius 3 is 2.85 bits per heavy atom. The van der Waals surface area contributed by atoms with Gasteiger partial charge in [0.1, 0.15) is 6.04 Å². The summed E-state index contributed by atoms with van der Waals surface area (Å²) in [6, 6.07) is 6.96. The van der Waals surface area contributed by atoms with Crippen LogP contribution in [0.3, 0.4) is 0 Å². The number of hydrogen-bond donors (Lipinski definition) is 1. The SMILES string of the molecule is CC(C)c1ccccc1NC(=O)COC(=O)[C@H]1CS[C@@]2(C)CCC(=O)N12. The maximum atomic E-state index is 12.4. The molecule has 0 unspecified atom stereocenters. The molecule has 2 atom stereocenters. The van der Waals surface area contributed by atoms with Gasteiger partial charge in [0, 0.05) is 17.9 Å². The van der Waals surface area contributed by atoms with Crippen LogP contribution in [0.1, 0.15) is 45.1 Å². The summed E-state index contributed by atoms with van der Waals surface area (Å²) in [6.45, 7) is 5.72. The second-order valence-electron chi connectivity index (χ2n) is 7.16. The van der Waals surface area contributed by atoms with Crippen LogP contribution in [0.15, 0.2) is 24.3 Å². The Kier molecular flexibility index (Phi) is 5.27. The molecule has 0 aliphatic carbocycles. The van der Waals surface area contributed by atoms with E-state index in [-0.39, 0.29) is 29.2 Å². The Labute approximate surface area is 157 Å². The van der Waals surface area contributed by atoms with Gasteiger partial charge in [0.2, 0.25) is 5.91 Å². The van der Waals surface area contributed by atoms with Gasteiger partial charge in [-0.25, -0.2) is 4.79 Å². The van der Waals surface area contributed by atoms with Crippen molar-refractivity contribution in [3.05, 3.63) is 29.8 Å². The van der Waals surface area contributed by atoms with Crippen molar-refractivity contribution in [1.29, 1.82) is 0 Å². The monoisotopic (exact) mass is 376 g/mol. The summed E-state index contributed by atoms with van der Waals surface area (Å²) in [5.41, 5.74) is 1.75. The molecule has 0 spiro atoms. The summed E-state index contributed by atoms with van der Waals surface area (Å²) in [7, 11) is 0. The van der Waals surface area contributed by atoms with Crippen LogP contribution in [0, 0.1) is 0 Å². The van der Waals surface area contributed by atoms with Crippen LogP contribution < -0.4 is 5.32 Å². The lowest BCUT2D eigenvalue weighted by molar-refractivity contribution is -0.155. The van der Waals surface area contributed by atoms with Crippen molar-refractivity contribution in [3.63, 3.8) is 0 Å². The molecule has 2 saturated heterocycles. The van der Waals surface area contributed by atoms with E-state index in [0.717, 1.165) is 17.7 Å². The summed E-state index contributed by atoms with van der Waals surface area (Å²) in [6.07, 6.45) is 1.20. The molecule has 2 aliphatic rings. The molecule has 0 aromatic heterocycles. The standard InChI is InChI=1S/C19H24N2O4S/c1-12(2)13-6-4-5-7-14(13)20-16(22)10-25-18(24)15-11-26-19(3)9-8-17(23)21(15)19/h4-7,12,15H,8-11H2,1-3H3,(H,20,22)/t15-,19+/m1/s1. The Morgan fingerprint density at radius 1 is 1.38 bits per heavy atom. The van der Waals surface area contributed by atoms with Gasteiger partial charge in [0.15, 0.2) is 6.61 Å². The summed E-state index contributed by atoms with van der Waals surface area (Å²) < 4.78 is 5.20. The van der Waals surface area contributed by atoms with E-state index < -0.39 is 12.0 Å². The normalized spacial score (nSPS) is 24.7. The molecule has 7 heteroatoms. The zero-order valence-corrected chi connectivity index (χ0v) is 16.1. The van der Waals surface area contributed by atoms with Gasteiger partial charge < -0.3 is 15.0 Å². The van der Waals surface area contributed by atoms with E-state index in [0.29, 0.717) is 12.2 Å².